The van der Waals surface area contributed by atoms with Gasteiger partial charge in [-0.15, -0.1) is 0 Å². The second kappa shape index (κ2) is 18.5. The minimum Gasteiger partial charge on any atom is -0.462 e. The summed E-state index contributed by atoms with van der Waals surface area (Å²) in [5.41, 5.74) is 2.08. The smallest absolute Gasteiger partial charge is 0.306 e. The van der Waals surface area contributed by atoms with E-state index in [0.29, 0.717) is 18.4 Å². The molecule has 1 saturated carbocycles. The number of nitrogens with zero attached hydrogens (tertiary/aromatic N) is 1. The molecule has 0 bridgehead atoms. The number of ketones is 1. The molecule has 55 heavy (non-hydrogen) atoms. The average Bonchev–Trinajstić information content (AvgIpc) is 3.74. The van der Waals surface area contributed by atoms with Gasteiger partial charge in [0, 0.05) is 39.2 Å². The van der Waals surface area contributed by atoms with E-state index in [1.54, 1.807) is 21.3 Å². The summed E-state index contributed by atoms with van der Waals surface area (Å²) in [7, 11) is 9.18. The summed E-state index contributed by atoms with van der Waals surface area (Å²) in [5, 5.41) is 0. The summed E-state index contributed by atoms with van der Waals surface area (Å²) in [6.07, 6.45) is 8.69. The number of hydrogen-bond acceptors (Lipinski definition) is 11. The van der Waals surface area contributed by atoms with Crippen LogP contribution in [0.2, 0.25) is 0 Å². The summed E-state index contributed by atoms with van der Waals surface area (Å²) < 4.78 is 50.1. The first-order valence-corrected chi connectivity index (χ1v) is 21.3. The van der Waals surface area contributed by atoms with Gasteiger partial charge in [-0.2, -0.15) is 0 Å². The fourth-order valence-corrected chi connectivity index (χ4v) is 11.1. The molecule has 0 N–H and O–H groups in total. The molecule has 18 unspecified atom stereocenters. The predicted molar refractivity (Wildman–Crippen MR) is 208 cm³/mol. The maximum Gasteiger partial charge on any atom is 0.306 e. The Balaban J connectivity index is 1.25. The number of allylic oxidation sites excluding steroid dienone is 4. The summed E-state index contributed by atoms with van der Waals surface area (Å²) in [6, 6.07) is 0.334. The molecule has 0 aromatic heterocycles. The van der Waals surface area contributed by atoms with Crippen molar-refractivity contribution in [2.75, 3.05) is 35.4 Å². The van der Waals surface area contributed by atoms with Crippen LogP contribution in [0.4, 0.5) is 0 Å². The van der Waals surface area contributed by atoms with Crippen LogP contribution in [0.1, 0.15) is 99.3 Å². The lowest BCUT2D eigenvalue weighted by Gasteiger charge is -2.44. The number of methoxy groups -OCH3 is 3. The molecule has 3 aliphatic carbocycles. The van der Waals surface area contributed by atoms with E-state index >= 15 is 0 Å². The van der Waals surface area contributed by atoms with E-state index < -0.39 is 12.4 Å². The quantitative estimate of drug-likeness (QED) is 0.179. The van der Waals surface area contributed by atoms with Crippen LogP contribution in [0.15, 0.2) is 23.3 Å². The van der Waals surface area contributed by atoms with Gasteiger partial charge in [0.15, 0.2) is 18.4 Å². The van der Waals surface area contributed by atoms with Crippen LogP contribution in [0.5, 0.6) is 0 Å². The van der Waals surface area contributed by atoms with Crippen LogP contribution in [-0.2, 0) is 47.5 Å². The summed E-state index contributed by atoms with van der Waals surface area (Å²) in [4.78, 5) is 30.9. The fraction of sp³-hybridized carbons (Fsp3) is 0.864. The first kappa shape index (κ1) is 42.9. The van der Waals surface area contributed by atoms with Gasteiger partial charge in [0.1, 0.15) is 24.4 Å². The van der Waals surface area contributed by atoms with Crippen molar-refractivity contribution in [1.82, 2.24) is 4.90 Å². The number of likely N-dealkylation sites (N-methyl/N-ethyl adjacent to an activating group) is 1. The first-order valence-electron chi connectivity index (χ1n) is 21.3. The lowest BCUT2D eigenvalue weighted by molar-refractivity contribution is -0.314. The molecule has 0 spiro atoms. The fourth-order valence-electron chi connectivity index (χ4n) is 11.1. The maximum absolute atomic E-state index is 14.8. The molecule has 11 nitrogen and oxygen atoms in total. The van der Waals surface area contributed by atoms with Crippen molar-refractivity contribution < 1.29 is 47.5 Å². The van der Waals surface area contributed by atoms with Crippen LogP contribution >= 0.6 is 0 Å². The Bertz CT molecular complexity index is 1380. The molecule has 18 atom stereocenters. The molecule has 3 heterocycles. The molecular weight excluding hydrogens is 702 g/mol. The second-order valence-electron chi connectivity index (χ2n) is 17.9. The number of rotatable bonds is 10. The largest absolute Gasteiger partial charge is 0.462 e. The lowest BCUT2D eigenvalue weighted by atomic mass is 9.67. The van der Waals surface area contributed by atoms with Crippen LogP contribution in [0, 0.1) is 41.4 Å². The van der Waals surface area contributed by atoms with Crippen LogP contribution in [0.25, 0.3) is 0 Å². The molecule has 3 saturated heterocycles. The van der Waals surface area contributed by atoms with Crippen molar-refractivity contribution in [1.29, 1.82) is 0 Å². The zero-order valence-corrected chi connectivity index (χ0v) is 35.4. The van der Waals surface area contributed by atoms with Crippen molar-refractivity contribution in [2.45, 2.75) is 167 Å². The van der Waals surface area contributed by atoms with Gasteiger partial charge in [0.2, 0.25) is 0 Å². The number of hydrogen-bond donors (Lipinski definition) is 0. The normalized spacial score (nSPS) is 44.7. The molecule has 0 aromatic rings. The topological polar surface area (TPSA) is 111 Å². The number of carbonyl (C=O) groups excluding carboxylic acids is 2. The van der Waals surface area contributed by atoms with E-state index in [-0.39, 0.29) is 103 Å². The van der Waals surface area contributed by atoms with E-state index in [1.807, 2.05) is 13.8 Å². The van der Waals surface area contributed by atoms with E-state index in [2.05, 4.69) is 58.8 Å². The van der Waals surface area contributed by atoms with Crippen LogP contribution < -0.4 is 0 Å². The molecule has 0 amide bonds. The standard InChI is InChI=1S/C44H71NO10/c1-12-23(2)36-14-13-15-37(55-39-17-16-35(45(7)8)26(5)51-39)25(4)40(47)34-21-32-30(33(34)22-38(46)54-36)18-24(3)29-19-28(20-31(29)32)53-44-43(50-11)42(49-10)41(48-9)27(6)52-44/h18,21,23,25-33,35-37,39,41-44H,12-17,19-20,22H2,1-11H3. The highest BCUT2D eigenvalue weighted by molar-refractivity contribution is 5.99. The monoisotopic (exact) mass is 774 g/mol. The van der Waals surface area contributed by atoms with Crippen LogP contribution in [0.3, 0.4) is 0 Å². The Morgan fingerprint density at radius 1 is 0.836 bits per heavy atom. The van der Waals surface area contributed by atoms with E-state index in [0.717, 1.165) is 50.5 Å². The molecule has 6 aliphatic rings. The molecule has 3 aliphatic heterocycles. The lowest BCUT2D eigenvalue weighted by Crippen LogP contribution is -2.59. The number of esters is 1. The Morgan fingerprint density at radius 2 is 1.56 bits per heavy atom. The predicted octanol–water partition coefficient (Wildman–Crippen LogP) is 6.51. The first-order chi connectivity index (χ1) is 26.3. The molecule has 312 valence electrons. The summed E-state index contributed by atoms with van der Waals surface area (Å²) in [5.74, 6) is 0.218. The highest BCUT2D eigenvalue weighted by atomic mass is 16.7. The molecule has 11 heteroatoms. The third kappa shape index (κ3) is 8.99. The van der Waals surface area contributed by atoms with Crippen molar-refractivity contribution in [3.8, 4) is 0 Å². The molecular formula is C44H71NO10. The number of Topliss-reactive ketones (excluding diaryl/α,β-unsaturated/α-hetero) is 1. The van der Waals surface area contributed by atoms with Gasteiger partial charge in [-0.3, -0.25) is 9.59 Å². The van der Waals surface area contributed by atoms with Gasteiger partial charge >= 0.3 is 5.97 Å². The number of ether oxygens (including phenoxy) is 8. The molecule has 0 radical (unpaired) electrons. The minimum atomic E-state index is -0.601. The summed E-state index contributed by atoms with van der Waals surface area (Å²) in [6.45, 7) is 12.7. The average molecular weight is 774 g/mol. The Labute approximate surface area is 330 Å². The zero-order valence-electron chi connectivity index (χ0n) is 35.4. The highest BCUT2D eigenvalue weighted by Gasteiger charge is 2.54. The number of fused-ring (bicyclic) bond motifs is 5. The van der Waals surface area contributed by atoms with Gasteiger partial charge < -0.3 is 42.8 Å². The third-order valence-electron chi connectivity index (χ3n) is 14.4. The summed E-state index contributed by atoms with van der Waals surface area (Å²) >= 11 is 0. The highest BCUT2D eigenvalue weighted by Crippen LogP contribution is 2.56. The van der Waals surface area contributed by atoms with Gasteiger partial charge in [0.25, 0.3) is 0 Å². The van der Waals surface area contributed by atoms with Crippen molar-refractivity contribution in [2.24, 2.45) is 41.4 Å². The Kier molecular flexibility index (Phi) is 14.4. The number of cyclic esters (lactones) is 1. The Hall–Kier alpha value is -1.70. The van der Waals surface area contributed by atoms with E-state index in [1.165, 1.54) is 5.57 Å². The molecule has 4 fully saturated rings. The Morgan fingerprint density at radius 3 is 2.22 bits per heavy atom. The zero-order chi connectivity index (χ0) is 39.7. The van der Waals surface area contributed by atoms with E-state index in [9.17, 15) is 9.59 Å². The van der Waals surface area contributed by atoms with Crippen LogP contribution in [-0.4, -0.2) is 120 Å². The third-order valence-corrected chi connectivity index (χ3v) is 14.4. The maximum atomic E-state index is 14.8. The van der Waals surface area contributed by atoms with Crippen molar-refractivity contribution in [3.63, 3.8) is 0 Å². The van der Waals surface area contributed by atoms with E-state index in [4.69, 9.17) is 37.9 Å². The minimum absolute atomic E-state index is 0.0320. The molecule has 6 rings (SSSR count). The van der Waals surface area contributed by atoms with Crippen molar-refractivity contribution in [3.05, 3.63) is 23.3 Å². The second-order valence-corrected chi connectivity index (χ2v) is 17.9. The molecule has 0 aromatic carbocycles. The van der Waals surface area contributed by atoms with Crippen molar-refractivity contribution >= 4 is 11.8 Å². The SMILES string of the molecule is CCC(C)C1CCCC(OC2CCC(N(C)C)C(C)O2)C(C)C(=O)C2=CC3C(C=C(C)C4CC(OC5OC(C)C(OC)C(OC)C5OC)CC43)C2CC(=O)O1. The van der Waals surface area contributed by atoms with Gasteiger partial charge in [0.05, 0.1) is 30.8 Å². The number of carbonyl (C=O) groups is 2. The van der Waals surface area contributed by atoms with Gasteiger partial charge in [-0.25, -0.2) is 0 Å². The van der Waals surface area contributed by atoms with Gasteiger partial charge in [-0.05, 0) is 115 Å². The van der Waals surface area contributed by atoms with Gasteiger partial charge in [-0.1, -0.05) is 44.9 Å².